The summed E-state index contributed by atoms with van der Waals surface area (Å²) in [6.45, 7) is 0.978. The number of rotatable bonds is 6. The molecule has 2 aromatic heterocycles. The molecule has 9 heteroatoms. The van der Waals surface area contributed by atoms with Gasteiger partial charge in [0, 0.05) is 13.7 Å². The first-order valence-electron chi connectivity index (χ1n) is 7.06. The maximum atomic E-state index is 12.5. The lowest BCUT2D eigenvalue weighted by atomic mass is 10.3. The molecular formula is C15H16N2O4S3. The fourth-order valence-corrected chi connectivity index (χ4v) is 5.46. The van der Waals surface area contributed by atoms with E-state index in [2.05, 4.69) is 4.40 Å². The summed E-state index contributed by atoms with van der Waals surface area (Å²) >= 11 is 2.47. The smallest absolute Gasteiger partial charge is 0.294 e. The zero-order valence-electron chi connectivity index (χ0n) is 13.1. The van der Waals surface area contributed by atoms with E-state index in [0.717, 1.165) is 27.3 Å². The van der Waals surface area contributed by atoms with Crippen molar-refractivity contribution in [2.24, 2.45) is 4.40 Å². The first kappa shape index (κ1) is 17.2. The normalized spacial score (nSPS) is 12.8. The maximum absolute atomic E-state index is 12.5. The Balaban J connectivity index is 2.20. The molecule has 0 unspecified atom stereocenters. The number of methoxy groups -OCH3 is 2. The van der Waals surface area contributed by atoms with Gasteiger partial charge in [-0.2, -0.15) is 8.42 Å². The molecule has 0 N–H and O–H groups in total. The lowest BCUT2D eigenvalue weighted by Gasteiger charge is -2.05. The number of hydrogen-bond acceptors (Lipinski definition) is 6. The maximum Gasteiger partial charge on any atom is 0.294 e. The number of nitrogens with zero attached hydrogens (tertiary/aromatic N) is 2. The zero-order valence-corrected chi connectivity index (χ0v) is 15.6. The fraction of sp³-hybridized carbons (Fsp3) is 0.267. The van der Waals surface area contributed by atoms with Crippen molar-refractivity contribution in [3.63, 3.8) is 0 Å². The van der Waals surface area contributed by atoms with E-state index in [0.29, 0.717) is 18.0 Å². The van der Waals surface area contributed by atoms with Crippen LogP contribution >= 0.6 is 22.7 Å². The summed E-state index contributed by atoms with van der Waals surface area (Å²) in [5.41, 5.74) is 0.901. The summed E-state index contributed by atoms with van der Waals surface area (Å²) < 4.78 is 42.4. The Hall–Kier alpha value is -1.68. The molecule has 0 saturated heterocycles. The van der Waals surface area contributed by atoms with Gasteiger partial charge in [0.2, 0.25) is 4.80 Å². The van der Waals surface area contributed by atoms with Gasteiger partial charge in [-0.25, -0.2) is 0 Å². The third kappa shape index (κ3) is 3.39. The van der Waals surface area contributed by atoms with Crippen molar-refractivity contribution in [1.29, 1.82) is 0 Å². The molecule has 3 rings (SSSR count). The largest absolute Gasteiger partial charge is 0.497 e. The summed E-state index contributed by atoms with van der Waals surface area (Å²) in [6, 6.07) is 8.87. The molecule has 1 aromatic carbocycles. The van der Waals surface area contributed by atoms with Gasteiger partial charge in [-0.05, 0) is 29.6 Å². The molecule has 128 valence electrons. The van der Waals surface area contributed by atoms with Crippen LogP contribution in [0.15, 0.2) is 44.3 Å². The molecule has 0 bridgehead atoms. The molecule has 3 aromatic rings. The van der Waals surface area contributed by atoms with Crippen LogP contribution in [-0.2, 0) is 21.3 Å². The molecule has 0 radical (unpaired) electrons. The van der Waals surface area contributed by atoms with Gasteiger partial charge in [0.05, 0.1) is 23.9 Å². The third-order valence-corrected chi connectivity index (χ3v) is 7.15. The summed E-state index contributed by atoms with van der Waals surface area (Å²) in [4.78, 5) is 0.420. The Kier molecular flexibility index (Phi) is 5.04. The van der Waals surface area contributed by atoms with Crippen LogP contribution in [0.2, 0.25) is 0 Å². The third-order valence-electron chi connectivity index (χ3n) is 3.36. The highest BCUT2D eigenvalue weighted by molar-refractivity contribution is 7.92. The molecular weight excluding hydrogens is 368 g/mol. The average Bonchev–Trinajstić information content (AvgIpc) is 3.20. The van der Waals surface area contributed by atoms with Crippen LogP contribution in [0.5, 0.6) is 5.75 Å². The standard InChI is InChI=1S/C15H16N2O4S3/c1-20-8-7-17-12-6-5-11(21-2)10-13(12)23-15(17)16-24(18,19)14-4-3-9-22-14/h3-6,9-10H,7-8H2,1-2H3. The summed E-state index contributed by atoms with van der Waals surface area (Å²) in [6.07, 6.45) is 0. The van der Waals surface area contributed by atoms with Crippen LogP contribution in [0.1, 0.15) is 0 Å². The summed E-state index contributed by atoms with van der Waals surface area (Å²) in [5, 5.41) is 1.72. The van der Waals surface area contributed by atoms with Crippen molar-refractivity contribution in [1.82, 2.24) is 4.57 Å². The lowest BCUT2D eigenvalue weighted by molar-refractivity contribution is 0.187. The Morgan fingerprint density at radius 2 is 2.08 bits per heavy atom. The second kappa shape index (κ2) is 7.06. The molecule has 0 fully saturated rings. The predicted octanol–water partition coefficient (Wildman–Crippen LogP) is 2.71. The second-order valence-corrected chi connectivity index (χ2v) is 8.65. The summed E-state index contributed by atoms with van der Waals surface area (Å²) in [7, 11) is -0.514. The molecule has 0 aliphatic heterocycles. The number of thiophene rings is 1. The first-order chi connectivity index (χ1) is 11.5. The Morgan fingerprint density at radius 3 is 2.75 bits per heavy atom. The van der Waals surface area contributed by atoms with Gasteiger partial charge in [0.15, 0.2) is 0 Å². The van der Waals surface area contributed by atoms with Crippen LogP contribution in [0.3, 0.4) is 0 Å². The molecule has 0 spiro atoms. The van der Waals surface area contributed by atoms with E-state index in [9.17, 15) is 8.42 Å². The minimum absolute atomic E-state index is 0.232. The number of fused-ring (bicyclic) bond motifs is 1. The molecule has 6 nitrogen and oxygen atoms in total. The molecule has 0 amide bonds. The van der Waals surface area contributed by atoms with Gasteiger partial charge >= 0.3 is 0 Å². The van der Waals surface area contributed by atoms with Gasteiger partial charge in [-0.1, -0.05) is 17.4 Å². The molecule has 2 heterocycles. The Morgan fingerprint density at radius 1 is 1.25 bits per heavy atom. The van der Waals surface area contributed by atoms with Crippen molar-refractivity contribution in [3.05, 3.63) is 40.5 Å². The molecule has 0 saturated carbocycles. The summed E-state index contributed by atoms with van der Waals surface area (Å²) in [5.74, 6) is 0.718. The molecule has 0 atom stereocenters. The first-order valence-corrected chi connectivity index (χ1v) is 10.2. The highest BCUT2D eigenvalue weighted by Gasteiger charge is 2.16. The van der Waals surface area contributed by atoms with Crippen LogP contribution < -0.4 is 9.54 Å². The van der Waals surface area contributed by atoms with E-state index in [4.69, 9.17) is 9.47 Å². The predicted molar refractivity (Wildman–Crippen MR) is 95.3 cm³/mol. The van der Waals surface area contributed by atoms with Gasteiger partial charge in [-0.15, -0.1) is 15.7 Å². The minimum atomic E-state index is -3.72. The topological polar surface area (TPSA) is 69.9 Å². The van der Waals surface area contributed by atoms with E-state index >= 15 is 0 Å². The molecule has 0 aliphatic rings. The van der Waals surface area contributed by atoms with E-state index < -0.39 is 10.0 Å². The van der Waals surface area contributed by atoms with Gasteiger partial charge in [-0.3, -0.25) is 0 Å². The van der Waals surface area contributed by atoms with Crippen molar-refractivity contribution < 1.29 is 17.9 Å². The van der Waals surface area contributed by atoms with Gasteiger partial charge in [0.25, 0.3) is 10.0 Å². The van der Waals surface area contributed by atoms with Crippen molar-refractivity contribution in [2.75, 3.05) is 20.8 Å². The number of sulfonamides is 1. The fourth-order valence-electron chi connectivity index (χ4n) is 2.21. The lowest BCUT2D eigenvalue weighted by Crippen LogP contribution is -2.19. The zero-order chi connectivity index (χ0) is 17.2. The Labute approximate surface area is 147 Å². The average molecular weight is 385 g/mol. The molecule has 24 heavy (non-hydrogen) atoms. The number of thiazole rings is 1. The van der Waals surface area contributed by atoms with E-state index in [-0.39, 0.29) is 4.21 Å². The SMILES string of the molecule is COCCn1c(=NS(=O)(=O)c2cccs2)sc2cc(OC)ccc21. The van der Waals surface area contributed by atoms with E-state index in [1.54, 1.807) is 31.7 Å². The van der Waals surface area contributed by atoms with Gasteiger partial charge < -0.3 is 14.0 Å². The van der Waals surface area contributed by atoms with E-state index in [1.165, 1.54) is 11.3 Å². The van der Waals surface area contributed by atoms with Crippen molar-refractivity contribution in [3.8, 4) is 5.75 Å². The Bertz CT molecular complexity index is 1000. The van der Waals surface area contributed by atoms with Crippen molar-refractivity contribution >= 4 is 42.9 Å². The van der Waals surface area contributed by atoms with Crippen LogP contribution in [0.4, 0.5) is 0 Å². The van der Waals surface area contributed by atoms with Crippen LogP contribution in [0.25, 0.3) is 10.2 Å². The van der Waals surface area contributed by atoms with Crippen molar-refractivity contribution in [2.45, 2.75) is 10.8 Å². The number of ether oxygens (including phenoxy) is 2. The second-order valence-electron chi connectivity index (χ2n) is 4.86. The van der Waals surface area contributed by atoms with E-state index in [1.807, 2.05) is 22.8 Å². The monoisotopic (exact) mass is 384 g/mol. The van der Waals surface area contributed by atoms with Crippen LogP contribution in [-0.4, -0.2) is 33.8 Å². The number of hydrogen-bond donors (Lipinski definition) is 0. The molecule has 0 aliphatic carbocycles. The van der Waals surface area contributed by atoms with Gasteiger partial charge in [0.1, 0.15) is 9.96 Å². The quantitative estimate of drug-likeness (QED) is 0.655. The highest BCUT2D eigenvalue weighted by Crippen LogP contribution is 2.24. The highest BCUT2D eigenvalue weighted by atomic mass is 32.2. The minimum Gasteiger partial charge on any atom is -0.497 e. The van der Waals surface area contributed by atoms with Crippen LogP contribution in [0, 0.1) is 0 Å². The number of aromatic nitrogens is 1. The number of benzene rings is 1.